The molecule has 0 fully saturated rings. The van der Waals surface area contributed by atoms with Crippen LogP contribution in [0.4, 0.5) is 0 Å². The van der Waals surface area contributed by atoms with Crippen LogP contribution in [0, 0.1) is 0 Å². The summed E-state index contributed by atoms with van der Waals surface area (Å²) >= 11 is 0. The number of nitrogens with one attached hydrogen (secondary N) is 2. The molecule has 0 saturated carbocycles. The summed E-state index contributed by atoms with van der Waals surface area (Å²) in [7, 11) is 0. The zero-order valence-electron chi connectivity index (χ0n) is 9.99. The Hall–Kier alpha value is -1.78. The number of hydrogen-bond acceptors (Lipinski definition) is 3. The van der Waals surface area contributed by atoms with E-state index in [1.807, 2.05) is 6.92 Å². The zero-order chi connectivity index (χ0) is 12.5. The van der Waals surface area contributed by atoms with Gasteiger partial charge in [0.2, 0.25) is 5.91 Å². The highest BCUT2D eigenvalue weighted by molar-refractivity contribution is 5.91. The first kappa shape index (κ1) is 13.3. The van der Waals surface area contributed by atoms with Gasteiger partial charge in [0.05, 0.1) is 6.26 Å². The third-order valence-corrected chi connectivity index (χ3v) is 2.18. The Balaban J connectivity index is 2.08. The molecule has 0 unspecified atom stereocenters. The van der Waals surface area contributed by atoms with E-state index in [9.17, 15) is 9.59 Å². The van der Waals surface area contributed by atoms with E-state index in [1.165, 1.54) is 6.26 Å². The number of rotatable bonds is 7. The van der Waals surface area contributed by atoms with Gasteiger partial charge in [0.1, 0.15) is 0 Å². The van der Waals surface area contributed by atoms with Gasteiger partial charge in [0, 0.05) is 19.5 Å². The quantitative estimate of drug-likeness (QED) is 0.704. The van der Waals surface area contributed by atoms with Gasteiger partial charge >= 0.3 is 0 Å². The highest BCUT2D eigenvalue weighted by Crippen LogP contribution is 1.99. The van der Waals surface area contributed by atoms with Crippen LogP contribution in [-0.4, -0.2) is 24.9 Å². The molecule has 0 aliphatic rings. The molecule has 2 amide bonds. The summed E-state index contributed by atoms with van der Waals surface area (Å²) in [5, 5.41) is 5.46. The average Bonchev–Trinajstić information content (AvgIpc) is 2.85. The fourth-order valence-electron chi connectivity index (χ4n) is 1.30. The lowest BCUT2D eigenvalue weighted by molar-refractivity contribution is -0.121. The summed E-state index contributed by atoms with van der Waals surface area (Å²) in [5.41, 5.74) is 0. The van der Waals surface area contributed by atoms with E-state index >= 15 is 0 Å². The molecular weight excluding hydrogens is 220 g/mol. The summed E-state index contributed by atoms with van der Waals surface area (Å²) in [6.45, 7) is 3.18. The summed E-state index contributed by atoms with van der Waals surface area (Å²) in [5.74, 6) is 0.0727. The van der Waals surface area contributed by atoms with E-state index in [4.69, 9.17) is 4.42 Å². The molecule has 1 rings (SSSR count). The van der Waals surface area contributed by atoms with E-state index in [1.54, 1.807) is 12.1 Å². The number of furan rings is 1. The molecule has 94 valence electrons. The molecule has 1 heterocycles. The van der Waals surface area contributed by atoms with Crippen LogP contribution >= 0.6 is 0 Å². The van der Waals surface area contributed by atoms with E-state index in [-0.39, 0.29) is 11.8 Å². The van der Waals surface area contributed by atoms with Crippen LogP contribution in [0.3, 0.4) is 0 Å². The van der Waals surface area contributed by atoms with Gasteiger partial charge in [-0.1, -0.05) is 6.92 Å². The first-order valence-corrected chi connectivity index (χ1v) is 5.82. The van der Waals surface area contributed by atoms with Gasteiger partial charge in [-0.15, -0.1) is 0 Å². The van der Waals surface area contributed by atoms with Crippen LogP contribution in [0.2, 0.25) is 0 Å². The lowest BCUT2D eigenvalue weighted by Gasteiger charge is -2.04. The Morgan fingerprint density at radius 1 is 1.29 bits per heavy atom. The maximum atomic E-state index is 11.4. The maximum Gasteiger partial charge on any atom is 0.286 e. The van der Waals surface area contributed by atoms with Crippen LogP contribution in [-0.2, 0) is 4.79 Å². The largest absolute Gasteiger partial charge is 0.459 e. The second-order valence-electron chi connectivity index (χ2n) is 3.69. The van der Waals surface area contributed by atoms with E-state index in [0.29, 0.717) is 31.7 Å². The van der Waals surface area contributed by atoms with E-state index in [0.717, 1.165) is 6.42 Å². The smallest absolute Gasteiger partial charge is 0.286 e. The second-order valence-corrected chi connectivity index (χ2v) is 3.69. The Labute approximate surface area is 101 Å². The van der Waals surface area contributed by atoms with Crippen molar-refractivity contribution in [3.63, 3.8) is 0 Å². The molecule has 0 aromatic carbocycles. The fourth-order valence-corrected chi connectivity index (χ4v) is 1.30. The minimum Gasteiger partial charge on any atom is -0.459 e. The highest BCUT2D eigenvalue weighted by atomic mass is 16.3. The van der Waals surface area contributed by atoms with Crippen LogP contribution in [0.25, 0.3) is 0 Å². The molecule has 0 atom stereocenters. The lowest BCUT2D eigenvalue weighted by Crippen LogP contribution is -2.27. The van der Waals surface area contributed by atoms with Gasteiger partial charge in [0.25, 0.3) is 5.91 Å². The molecule has 0 saturated heterocycles. The molecule has 0 aliphatic carbocycles. The third kappa shape index (κ3) is 5.19. The minimum absolute atomic E-state index is 0.0269. The SMILES string of the molecule is CCCNC(=O)CCCNC(=O)c1ccco1. The van der Waals surface area contributed by atoms with E-state index in [2.05, 4.69) is 10.6 Å². The monoisotopic (exact) mass is 238 g/mol. The summed E-state index contributed by atoms with van der Waals surface area (Å²) < 4.78 is 4.94. The van der Waals surface area contributed by atoms with Crippen molar-refractivity contribution in [2.45, 2.75) is 26.2 Å². The van der Waals surface area contributed by atoms with Crippen LogP contribution < -0.4 is 10.6 Å². The normalized spacial score (nSPS) is 9.94. The Bertz CT molecular complexity index is 347. The van der Waals surface area contributed by atoms with Crippen molar-refractivity contribution in [3.8, 4) is 0 Å². The van der Waals surface area contributed by atoms with Crippen molar-refractivity contribution in [1.82, 2.24) is 10.6 Å². The summed E-state index contributed by atoms with van der Waals surface area (Å²) in [6.07, 6.45) is 3.44. The Kier molecular flexibility index (Phi) is 5.85. The van der Waals surface area contributed by atoms with Crippen molar-refractivity contribution in [3.05, 3.63) is 24.2 Å². The molecule has 0 radical (unpaired) electrons. The van der Waals surface area contributed by atoms with Gasteiger partial charge < -0.3 is 15.1 Å². The van der Waals surface area contributed by atoms with Gasteiger partial charge in [0.15, 0.2) is 5.76 Å². The van der Waals surface area contributed by atoms with Gasteiger partial charge in [-0.05, 0) is 25.0 Å². The first-order chi connectivity index (χ1) is 8.24. The molecule has 2 N–H and O–H groups in total. The van der Waals surface area contributed by atoms with Crippen LogP contribution in [0.1, 0.15) is 36.7 Å². The van der Waals surface area contributed by atoms with E-state index < -0.39 is 0 Å². The molecule has 5 heteroatoms. The molecular formula is C12H18N2O3. The third-order valence-electron chi connectivity index (χ3n) is 2.18. The minimum atomic E-state index is -0.246. The highest BCUT2D eigenvalue weighted by Gasteiger charge is 2.07. The van der Waals surface area contributed by atoms with Crippen molar-refractivity contribution in [2.24, 2.45) is 0 Å². The summed E-state index contributed by atoms with van der Waals surface area (Å²) in [6, 6.07) is 3.26. The maximum absolute atomic E-state index is 11.4. The molecule has 0 aliphatic heterocycles. The second kappa shape index (κ2) is 7.49. The van der Waals surface area contributed by atoms with Gasteiger partial charge in [-0.3, -0.25) is 9.59 Å². The number of carbonyl (C=O) groups is 2. The topological polar surface area (TPSA) is 71.3 Å². The molecule has 1 aromatic rings. The number of hydrogen-bond donors (Lipinski definition) is 2. The van der Waals surface area contributed by atoms with Crippen LogP contribution in [0.15, 0.2) is 22.8 Å². The zero-order valence-corrected chi connectivity index (χ0v) is 9.99. The number of amides is 2. The van der Waals surface area contributed by atoms with Crippen molar-refractivity contribution in [1.29, 1.82) is 0 Å². The summed E-state index contributed by atoms with van der Waals surface area (Å²) in [4.78, 5) is 22.7. The number of carbonyl (C=O) groups excluding carboxylic acids is 2. The van der Waals surface area contributed by atoms with Crippen molar-refractivity contribution in [2.75, 3.05) is 13.1 Å². The average molecular weight is 238 g/mol. The van der Waals surface area contributed by atoms with Gasteiger partial charge in [-0.2, -0.15) is 0 Å². The standard InChI is InChI=1S/C12H18N2O3/c1-2-7-13-11(15)6-3-8-14-12(16)10-5-4-9-17-10/h4-5,9H,2-3,6-8H2,1H3,(H,13,15)(H,14,16). The molecule has 17 heavy (non-hydrogen) atoms. The molecule has 1 aromatic heterocycles. The first-order valence-electron chi connectivity index (χ1n) is 5.82. The Morgan fingerprint density at radius 3 is 2.76 bits per heavy atom. The molecule has 5 nitrogen and oxygen atoms in total. The Morgan fingerprint density at radius 2 is 2.12 bits per heavy atom. The molecule has 0 bridgehead atoms. The van der Waals surface area contributed by atoms with Crippen molar-refractivity contribution >= 4 is 11.8 Å². The fraction of sp³-hybridized carbons (Fsp3) is 0.500. The predicted molar refractivity (Wildman–Crippen MR) is 63.6 cm³/mol. The molecule has 0 spiro atoms. The lowest BCUT2D eigenvalue weighted by atomic mass is 10.3. The van der Waals surface area contributed by atoms with Gasteiger partial charge in [-0.25, -0.2) is 0 Å². The van der Waals surface area contributed by atoms with Crippen LogP contribution in [0.5, 0.6) is 0 Å². The predicted octanol–water partition coefficient (Wildman–Crippen LogP) is 1.32. The van der Waals surface area contributed by atoms with Crippen molar-refractivity contribution < 1.29 is 14.0 Å².